The van der Waals surface area contributed by atoms with Crippen LogP contribution >= 0.6 is 0 Å². The van der Waals surface area contributed by atoms with Crippen molar-refractivity contribution in [2.75, 3.05) is 0 Å². The van der Waals surface area contributed by atoms with Crippen LogP contribution in [0.25, 0.3) is 0 Å². The van der Waals surface area contributed by atoms with E-state index in [1.807, 2.05) is 5.43 Å². The molecular weight excluding hydrogens is 204 g/mol. The minimum atomic E-state index is -0.990. The van der Waals surface area contributed by atoms with Gasteiger partial charge in [0.15, 0.2) is 11.6 Å². The molecule has 4 nitrogen and oxygen atoms in total. The van der Waals surface area contributed by atoms with Crippen LogP contribution in [-0.2, 0) is 4.79 Å². The Kier molecular flexibility index (Phi) is 3.70. The summed E-state index contributed by atoms with van der Waals surface area (Å²) in [5, 5.41) is 0. The number of hydrogen-bond acceptors (Lipinski definition) is 3. The molecular formula is C9H11F2N3O. The van der Waals surface area contributed by atoms with Crippen LogP contribution < -0.4 is 17.0 Å². The first-order chi connectivity index (χ1) is 7.04. The lowest BCUT2D eigenvalue weighted by molar-refractivity contribution is -0.121. The molecule has 15 heavy (non-hydrogen) atoms. The molecule has 0 aliphatic carbocycles. The van der Waals surface area contributed by atoms with Crippen molar-refractivity contribution < 1.29 is 13.6 Å². The number of rotatable bonds is 3. The van der Waals surface area contributed by atoms with Gasteiger partial charge in [0.25, 0.3) is 0 Å². The number of nitrogens with one attached hydrogen (secondary N) is 1. The minimum absolute atomic E-state index is 0.0818. The monoisotopic (exact) mass is 215 g/mol. The number of amides is 1. The molecule has 0 bridgehead atoms. The van der Waals surface area contributed by atoms with Gasteiger partial charge in [-0.15, -0.1) is 0 Å². The van der Waals surface area contributed by atoms with Crippen molar-refractivity contribution in [3.8, 4) is 0 Å². The summed E-state index contributed by atoms with van der Waals surface area (Å²) in [6, 6.07) is 2.55. The molecule has 0 saturated heterocycles. The molecule has 1 aromatic carbocycles. The quantitative estimate of drug-likeness (QED) is 0.386. The van der Waals surface area contributed by atoms with Crippen molar-refractivity contribution in [3.63, 3.8) is 0 Å². The van der Waals surface area contributed by atoms with E-state index in [9.17, 15) is 13.6 Å². The molecule has 0 aromatic heterocycles. The van der Waals surface area contributed by atoms with Crippen molar-refractivity contribution in [3.05, 3.63) is 35.4 Å². The molecule has 1 unspecified atom stereocenters. The highest BCUT2D eigenvalue weighted by molar-refractivity contribution is 5.76. The van der Waals surface area contributed by atoms with Crippen LogP contribution in [0.3, 0.4) is 0 Å². The van der Waals surface area contributed by atoms with E-state index in [4.69, 9.17) is 11.6 Å². The highest BCUT2D eigenvalue weighted by atomic mass is 19.2. The van der Waals surface area contributed by atoms with Crippen LogP contribution in [0.15, 0.2) is 18.2 Å². The Hall–Kier alpha value is -1.53. The fourth-order valence-electron chi connectivity index (χ4n) is 1.12. The van der Waals surface area contributed by atoms with Crippen LogP contribution in [0, 0.1) is 11.6 Å². The SMILES string of the molecule is NNC(=O)CC(N)c1ccc(F)c(F)c1. The average molecular weight is 215 g/mol. The van der Waals surface area contributed by atoms with Crippen molar-refractivity contribution in [2.24, 2.45) is 11.6 Å². The van der Waals surface area contributed by atoms with Crippen molar-refractivity contribution in [2.45, 2.75) is 12.5 Å². The molecule has 5 N–H and O–H groups in total. The summed E-state index contributed by atoms with van der Waals surface area (Å²) < 4.78 is 25.4. The van der Waals surface area contributed by atoms with E-state index in [0.29, 0.717) is 5.56 Å². The predicted molar refractivity (Wildman–Crippen MR) is 50.2 cm³/mol. The molecule has 0 aliphatic rings. The molecule has 0 aliphatic heterocycles. The third-order valence-corrected chi connectivity index (χ3v) is 1.94. The lowest BCUT2D eigenvalue weighted by atomic mass is 10.0. The minimum Gasteiger partial charge on any atom is -0.324 e. The molecule has 6 heteroatoms. The zero-order valence-electron chi connectivity index (χ0n) is 7.84. The van der Waals surface area contributed by atoms with Gasteiger partial charge in [-0.05, 0) is 17.7 Å². The topological polar surface area (TPSA) is 81.1 Å². The van der Waals surface area contributed by atoms with E-state index < -0.39 is 23.6 Å². The van der Waals surface area contributed by atoms with E-state index in [1.165, 1.54) is 6.07 Å². The molecule has 1 amide bonds. The van der Waals surface area contributed by atoms with Gasteiger partial charge < -0.3 is 5.73 Å². The first kappa shape index (κ1) is 11.5. The summed E-state index contributed by atoms with van der Waals surface area (Å²) in [5.74, 6) is 2.46. The van der Waals surface area contributed by atoms with Gasteiger partial charge in [0.05, 0.1) is 0 Å². The van der Waals surface area contributed by atoms with Crippen LogP contribution in [0.2, 0.25) is 0 Å². The largest absolute Gasteiger partial charge is 0.324 e. The first-order valence-corrected chi connectivity index (χ1v) is 4.24. The van der Waals surface area contributed by atoms with Gasteiger partial charge in [-0.3, -0.25) is 10.2 Å². The Morgan fingerprint density at radius 2 is 2.07 bits per heavy atom. The standard InChI is InChI=1S/C9H11F2N3O/c10-6-2-1-5(3-7(6)11)8(12)4-9(15)14-13/h1-3,8H,4,12-13H2,(H,14,15). The van der Waals surface area contributed by atoms with Crippen molar-refractivity contribution >= 4 is 5.91 Å². The molecule has 0 radical (unpaired) electrons. The number of halogens is 2. The van der Waals surface area contributed by atoms with Crippen LogP contribution in [0.4, 0.5) is 8.78 Å². The number of benzene rings is 1. The lowest BCUT2D eigenvalue weighted by Crippen LogP contribution is -2.32. The van der Waals surface area contributed by atoms with Crippen LogP contribution in [-0.4, -0.2) is 5.91 Å². The third-order valence-electron chi connectivity index (χ3n) is 1.94. The molecule has 1 atom stereocenters. The van der Waals surface area contributed by atoms with Gasteiger partial charge in [0, 0.05) is 12.5 Å². The van der Waals surface area contributed by atoms with Crippen molar-refractivity contribution in [1.82, 2.24) is 5.43 Å². The van der Waals surface area contributed by atoms with E-state index >= 15 is 0 Å². The first-order valence-electron chi connectivity index (χ1n) is 4.24. The number of hydrogen-bond donors (Lipinski definition) is 3. The molecule has 0 fully saturated rings. The number of carbonyl (C=O) groups is 1. The fraction of sp³-hybridized carbons (Fsp3) is 0.222. The molecule has 0 spiro atoms. The van der Waals surface area contributed by atoms with E-state index in [2.05, 4.69) is 0 Å². The van der Waals surface area contributed by atoms with E-state index in [-0.39, 0.29) is 6.42 Å². The van der Waals surface area contributed by atoms with Crippen LogP contribution in [0.5, 0.6) is 0 Å². The second-order valence-corrected chi connectivity index (χ2v) is 3.05. The molecule has 82 valence electrons. The normalized spacial score (nSPS) is 12.3. The Bertz CT molecular complexity index is 370. The highest BCUT2D eigenvalue weighted by Crippen LogP contribution is 2.16. The second-order valence-electron chi connectivity index (χ2n) is 3.05. The van der Waals surface area contributed by atoms with Gasteiger partial charge in [-0.1, -0.05) is 6.07 Å². The second kappa shape index (κ2) is 4.81. The fourth-order valence-corrected chi connectivity index (χ4v) is 1.12. The van der Waals surface area contributed by atoms with E-state index in [1.54, 1.807) is 0 Å². The molecule has 1 rings (SSSR count). The van der Waals surface area contributed by atoms with Crippen LogP contribution in [0.1, 0.15) is 18.0 Å². The highest BCUT2D eigenvalue weighted by Gasteiger charge is 2.12. The van der Waals surface area contributed by atoms with Gasteiger partial charge in [0.1, 0.15) is 0 Å². The summed E-state index contributed by atoms with van der Waals surface area (Å²) in [6.07, 6.45) is -0.0818. The maximum atomic E-state index is 12.8. The van der Waals surface area contributed by atoms with Gasteiger partial charge in [-0.25, -0.2) is 14.6 Å². The third kappa shape index (κ3) is 2.97. The Morgan fingerprint density at radius 3 is 2.60 bits per heavy atom. The maximum Gasteiger partial charge on any atom is 0.235 e. The van der Waals surface area contributed by atoms with E-state index in [0.717, 1.165) is 12.1 Å². The maximum absolute atomic E-state index is 12.8. The Labute approximate surface area is 85.2 Å². The zero-order valence-corrected chi connectivity index (χ0v) is 7.84. The van der Waals surface area contributed by atoms with Gasteiger partial charge in [-0.2, -0.15) is 0 Å². The summed E-state index contributed by atoms with van der Waals surface area (Å²) in [6.45, 7) is 0. The number of carbonyl (C=O) groups excluding carboxylic acids is 1. The molecule has 0 heterocycles. The zero-order chi connectivity index (χ0) is 11.4. The average Bonchev–Trinajstić information content (AvgIpc) is 2.21. The lowest BCUT2D eigenvalue weighted by Gasteiger charge is -2.10. The Balaban J connectivity index is 2.78. The Morgan fingerprint density at radius 1 is 1.40 bits per heavy atom. The smallest absolute Gasteiger partial charge is 0.235 e. The predicted octanol–water partition coefficient (Wildman–Crippen LogP) is 0.345. The number of hydrazine groups is 1. The summed E-state index contributed by atoms with van der Waals surface area (Å²) in [4.78, 5) is 10.9. The van der Waals surface area contributed by atoms with Gasteiger partial charge in [0.2, 0.25) is 5.91 Å². The van der Waals surface area contributed by atoms with Gasteiger partial charge >= 0.3 is 0 Å². The number of nitrogens with two attached hydrogens (primary N) is 2. The van der Waals surface area contributed by atoms with Crippen molar-refractivity contribution in [1.29, 1.82) is 0 Å². The molecule has 0 saturated carbocycles. The molecule has 1 aromatic rings. The summed E-state index contributed by atoms with van der Waals surface area (Å²) in [5.41, 5.74) is 7.83. The summed E-state index contributed by atoms with van der Waals surface area (Å²) >= 11 is 0. The summed E-state index contributed by atoms with van der Waals surface area (Å²) in [7, 11) is 0.